The molecule has 0 fully saturated rings. The fraction of sp³-hybridized carbons (Fsp3) is 0.185. The molecule has 5 aromatic rings. The minimum atomic E-state index is -0.703. The van der Waals surface area contributed by atoms with Crippen LogP contribution in [0.4, 0.5) is 5.69 Å². The third-order valence-electron chi connectivity index (χ3n) is 6.26. The zero-order chi connectivity index (χ0) is 26.4. The number of carbonyl (C=O) groups excluding carboxylic acids is 1. The number of aromatic amines is 1. The molecule has 0 saturated heterocycles. The third-order valence-corrected chi connectivity index (χ3v) is 6.26. The molecule has 5 rings (SSSR count). The van der Waals surface area contributed by atoms with Crippen molar-refractivity contribution >= 4 is 22.7 Å². The first-order chi connectivity index (χ1) is 17.7. The summed E-state index contributed by atoms with van der Waals surface area (Å²) in [4.78, 5) is 55.8. The Morgan fingerprint density at radius 2 is 1.51 bits per heavy atom. The molecule has 0 spiro atoms. The van der Waals surface area contributed by atoms with E-state index < -0.39 is 22.7 Å². The van der Waals surface area contributed by atoms with Gasteiger partial charge in [0.2, 0.25) is 5.71 Å². The predicted molar refractivity (Wildman–Crippen MR) is 140 cm³/mol. The molecule has 0 bridgehead atoms. The number of hydrogen-bond donors (Lipinski definition) is 2. The zero-order valence-electron chi connectivity index (χ0n) is 20.7. The SMILES string of the molecule is Cc1oc2[nH]c(=O)n(-c3ccccc3)c(=O)c2c1C(=O)Nc1c(C(C)C)n(C)n(-c2ccccc2)c1=O. The van der Waals surface area contributed by atoms with Crippen LogP contribution < -0.4 is 22.1 Å². The Balaban J connectivity index is 1.68. The number of aromatic nitrogens is 4. The maximum atomic E-state index is 13.6. The van der Waals surface area contributed by atoms with Gasteiger partial charge in [-0.1, -0.05) is 50.2 Å². The van der Waals surface area contributed by atoms with Crippen LogP contribution in [0.15, 0.2) is 79.5 Å². The van der Waals surface area contributed by atoms with E-state index >= 15 is 0 Å². The van der Waals surface area contributed by atoms with Crippen molar-refractivity contribution in [3.63, 3.8) is 0 Å². The van der Waals surface area contributed by atoms with E-state index in [4.69, 9.17) is 4.42 Å². The van der Waals surface area contributed by atoms with E-state index in [-0.39, 0.29) is 34.0 Å². The molecule has 1 amide bonds. The lowest BCUT2D eigenvalue weighted by molar-refractivity contribution is 0.102. The highest BCUT2D eigenvalue weighted by Gasteiger charge is 2.28. The van der Waals surface area contributed by atoms with E-state index in [2.05, 4.69) is 10.3 Å². The van der Waals surface area contributed by atoms with Crippen molar-refractivity contribution in [1.29, 1.82) is 0 Å². The summed E-state index contributed by atoms with van der Waals surface area (Å²) in [5.74, 6) is -0.659. The molecule has 2 N–H and O–H groups in total. The average Bonchev–Trinajstić information content (AvgIpc) is 3.32. The number of nitrogens with zero attached hydrogens (tertiary/aromatic N) is 3. The minimum Gasteiger partial charge on any atom is -0.444 e. The van der Waals surface area contributed by atoms with Gasteiger partial charge in [0, 0.05) is 7.05 Å². The second-order valence-corrected chi connectivity index (χ2v) is 8.99. The van der Waals surface area contributed by atoms with Crippen LogP contribution >= 0.6 is 0 Å². The van der Waals surface area contributed by atoms with Crippen molar-refractivity contribution in [2.45, 2.75) is 26.7 Å². The van der Waals surface area contributed by atoms with Crippen LogP contribution in [0, 0.1) is 6.92 Å². The number of hydrogen-bond acceptors (Lipinski definition) is 5. The molecule has 10 heteroatoms. The zero-order valence-corrected chi connectivity index (χ0v) is 20.7. The lowest BCUT2D eigenvalue weighted by Crippen LogP contribution is -2.34. The van der Waals surface area contributed by atoms with Crippen LogP contribution in [0.2, 0.25) is 0 Å². The molecule has 0 radical (unpaired) electrons. The summed E-state index contributed by atoms with van der Waals surface area (Å²) in [6.07, 6.45) is 0. The average molecular weight is 500 g/mol. The molecular formula is C27H25N5O5. The molecule has 3 aromatic heterocycles. The van der Waals surface area contributed by atoms with E-state index in [0.29, 0.717) is 17.1 Å². The monoisotopic (exact) mass is 499 g/mol. The summed E-state index contributed by atoms with van der Waals surface area (Å²) in [5.41, 5.74) is -0.260. The van der Waals surface area contributed by atoms with Gasteiger partial charge in [-0.15, -0.1) is 0 Å². The Morgan fingerprint density at radius 1 is 0.919 bits per heavy atom. The van der Waals surface area contributed by atoms with Gasteiger partial charge in [-0.25, -0.2) is 14.0 Å². The van der Waals surface area contributed by atoms with Crippen molar-refractivity contribution < 1.29 is 9.21 Å². The number of fused-ring (bicyclic) bond motifs is 1. The molecule has 0 saturated carbocycles. The summed E-state index contributed by atoms with van der Waals surface area (Å²) in [6.45, 7) is 5.36. The number of para-hydroxylation sites is 2. The number of rotatable bonds is 5. The van der Waals surface area contributed by atoms with Crippen molar-refractivity contribution in [3.05, 3.63) is 109 Å². The highest BCUT2D eigenvalue weighted by atomic mass is 16.3. The molecule has 2 aromatic carbocycles. The molecule has 0 atom stereocenters. The van der Waals surface area contributed by atoms with Gasteiger partial charge in [0.1, 0.15) is 16.8 Å². The first-order valence-electron chi connectivity index (χ1n) is 11.7. The number of benzene rings is 2. The summed E-state index contributed by atoms with van der Waals surface area (Å²) < 4.78 is 9.73. The molecule has 188 valence electrons. The van der Waals surface area contributed by atoms with E-state index in [1.165, 1.54) is 11.6 Å². The van der Waals surface area contributed by atoms with Gasteiger partial charge in [-0.2, -0.15) is 0 Å². The molecule has 10 nitrogen and oxygen atoms in total. The van der Waals surface area contributed by atoms with Crippen molar-refractivity contribution in [2.24, 2.45) is 7.05 Å². The van der Waals surface area contributed by atoms with Crippen LogP contribution in [0.5, 0.6) is 0 Å². The molecule has 3 heterocycles. The van der Waals surface area contributed by atoms with Crippen LogP contribution in [0.3, 0.4) is 0 Å². The Hall–Kier alpha value is -4.86. The van der Waals surface area contributed by atoms with Crippen LogP contribution in [-0.2, 0) is 7.05 Å². The molecular weight excluding hydrogens is 474 g/mol. The van der Waals surface area contributed by atoms with E-state index in [9.17, 15) is 19.2 Å². The number of carbonyl (C=O) groups is 1. The Morgan fingerprint density at radius 3 is 2.11 bits per heavy atom. The lowest BCUT2D eigenvalue weighted by Gasteiger charge is -2.12. The number of anilines is 1. The highest BCUT2D eigenvalue weighted by molar-refractivity contribution is 6.12. The van der Waals surface area contributed by atoms with Crippen LogP contribution in [0.25, 0.3) is 22.5 Å². The van der Waals surface area contributed by atoms with Crippen molar-refractivity contribution in [2.75, 3.05) is 5.32 Å². The smallest absolute Gasteiger partial charge is 0.335 e. The number of furan rings is 1. The van der Waals surface area contributed by atoms with Gasteiger partial charge < -0.3 is 9.73 Å². The van der Waals surface area contributed by atoms with Crippen LogP contribution in [-0.4, -0.2) is 24.8 Å². The maximum absolute atomic E-state index is 13.6. The van der Waals surface area contributed by atoms with Gasteiger partial charge in [0.25, 0.3) is 17.0 Å². The quantitative estimate of drug-likeness (QED) is 0.383. The second kappa shape index (κ2) is 8.98. The molecule has 0 aliphatic heterocycles. The molecule has 0 unspecified atom stereocenters. The number of aryl methyl sites for hydroxylation is 1. The highest BCUT2D eigenvalue weighted by Crippen LogP contribution is 2.26. The minimum absolute atomic E-state index is 0.0508. The van der Waals surface area contributed by atoms with Gasteiger partial charge >= 0.3 is 5.69 Å². The summed E-state index contributed by atoms with van der Waals surface area (Å²) in [5, 5.41) is 2.65. The largest absolute Gasteiger partial charge is 0.444 e. The Labute approximate surface area is 210 Å². The summed E-state index contributed by atoms with van der Waals surface area (Å²) in [7, 11) is 1.75. The molecule has 0 aliphatic carbocycles. The van der Waals surface area contributed by atoms with E-state index in [0.717, 1.165) is 4.57 Å². The molecule has 37 heavy (non-hydrogen) atoms. The summed E-state index contributed by atoms with van der Waals surface area (Å²) in [6, 6.07) is 17.5. The first kappa shape index (κ1) is 23.9. The number of H-pyrrole nitrogens is 1. The normalized spacial score (nSPS) is 11.4. The number of nitrogens with one attached hydrogen (secondary N) is 2. The van der Waals surface area contributed by atoms with Crippen LogP contribution in [0.1, 0.15) is 41.6 Å². The van der Waals surface area contributed by atoms with Crippen molar-refractivity contribution in [1.82, 2.24) is 18.9 Å². The summed E-state index contributed by atoms with van der Waals surface area (Å²) >= 11 is 0. The second-order valence-electron chi connectivity index (χ2n) is 8.99. The standard InChI is InChI=1S/C27H25N5O5/c1-15(2)22-21(26(35)32(30(22)4)18-13-9-6-10-14-18)28-23(33)19-16(3)37-24-20(19)25(34)31(27(36)29-24)17-11-7-5-8-12-17/h5-15H,1-4H3,(H,28,33)(H,29,36). The van der Waals surface area contributed by atoms with Gasteiger partial charge in [0.15, 0.2) is 0 Å². The molecule has 0 aliphatic rings. The maximum Gasteiger partial charge on any atom is 0.335 e. The fourth-order valence-corrected chi connectivity index (χ4v) is 4.72. The third kappa shape index (κ3) is 3.83. The van der Waals surface area contributed by atoms with E-state index in [1.54, 1.807) is 54.2 Å². The van der Waals surface area contributed by atoms with Crippen molar-refractivity contribution in [3.8, 4) is 11.4 Å². The Kier molecular flexibility index (Phi) is 5.79. The van der Waals surface area contributed by atoms with E-state index in [1.807, 2.05) is 32.0 Å². The topological polar surface area (TPSA) is 124 Å². The fourth-order valence-electron chi connectivity index (χ4n) is 4.72. The van der Waals surface area contributed by atoms with Gasteiger partial charge in [-0.3, -0.25) is 24.0 Å². The van der Waals surface area contributed by atoms with Gasteiger partial charge in [0.05, 0.1) is 22.6 Å². The Bertz CT molecular complexity index is 1820. The number of amides is 1. The first-order valence-corrected chi connectivity index (χ1v) is 11.7. The van der Waals surface area contributed by atoms with Gasteiger partial charge in [-0.05, 0) is 37.1 Å². The lowest BCUT2D eigenvalue weighted by atomic mass is 10.1. The predicted octanol–water partition coefficient (Wildman–Crippen LogP) is 3.45.